The van der Waals surface area contributed by atoms with Crippen LogP contribution in [-0.4, -0.2) is 12.1 Å². The third-order valence-corrected chi connectivity index (χ3v) is 2.96. The summed E-state index contributed by atoms with van der Waals surface area (Å²) < 4.78 is 0. The summed E-state index contributed by atoms with van der Waals surface area (Å²) >= 11 is 0. The van der Waals surface area contributed by atoms with E-state index < -0.39 is 0 Å². The van der Waals surface area contributed by atoms with E-state index in [9.17, 15) is 9.59 Å². The fourth-order valence-corrected chi connectivity index (χ4v) is 2.11. The Morgan fingerprint density at radius 1 is 1.12 bits per heavy atom. The van der Waals surface area contributed by atoms with E-state index in [-0.39, 0.29) is 5.78 Å². The highest BCUT2D eigenvalue weighted by Crippen LogP contribution is 2.22. The molecule has 0 aromatic heterocycles. The minimum absolute atomic E-state index is 0.0968. The molecule has 0 N–H and O–H groups in total. The molecule has 1 aliphatic carbocycles. The molecule has 0 aliphatic heterocycles. The average molecular weight is 214 g/mol. The van der Waals surface area contributed by atoms with Gasteiger partial charge in [-0.05, 0) is 55.0 Å². The van der Waals surface area contributed by atoms with Gasteiger partial charge in [-0.2, -0.15) is 0 Å². The van der Waals surface area contributed by atoms with Crippen molar-refractivity contribution in [3.63, 3.8) is 0 Å². The van der Waals surface area contributed by atoms with Crippen molar-refractivity contribution in [2.75, 3.05) is 0 Å². The molecule has 0 saturated heterocycles. The van der Waals surface area contributed by atoms with E-state index in [2.05, 4.69) is 0 Å². The van der Waals surface area contributed by atoms with Crippen LogP contribution in [0.25, 0.3) is 0 Å². The number of ketones is 1. The van der Waals surface area contributed by atoms with Crippen molar-refractivity contribution in [3.8, 4) is 0 Å². The highest BCUT2D eigenvalue weighted by Gasteiger charge is 2.11. The molecule has 0 radical (unpaired) electrons. The van der Waals surface area contributed by atoms with Crippen molar-refractivity contribution in [1.29, 1.82) is 0 Å². The number of hydrogen-bond donors (Lipinski definition) is 0. The topological polar surface area (TPSA) is 34.1 Å². The summed E-state index contributed by atoms with van der Waals surface area (Å²) in [4.78, 5) is 21.8. The lowest BCUT2D eigenvalue weighted by atomic mass is 9.90. The number of carbonyl (C=O) groups is 2. The van der Waals surface area contributed by atoms with Crippen molar-refractivity contribution in [1.82, 2.24) is 0 Å². The van der Waals surface area contributed by atoms with Gasteiger partial charge >= 0.3 is 0 Å². The quantitative estimate of drug-likeness (QED) is 0.440. The van der Waals surface area contributed by atoms with E-state index in [1.807, 2.05) is 18.2 Å². The summed E-state index contributed by atoms with van der Waals surface area (Å²) in [5.74, 6) is -0.0968. The summed E-state index contributed by atoms with van der Waals surface area (Å²) in [7, 11) is 0. The lowest BCUT2D eigenvalue weighted by Crippen LogP contribution is -2.05. The van der Waals surface area contributed by atoms with Crippen LogP contribution in [0.2, 0.25) is 0 Å². The van der Waals surface area contributed by atoms with Crippen LogP contribution >= 0.6 is 0 Å². The fourth-order valence-electron chi connectivity index (χ4n) is 2.11. The monoisotopic (exact) mass is 214 g/mol. The molecule has 82 valence electrons. The van der Waals surface area contributed by atoms with Crippen molar-refractivity contribution in [3.05, 3.63) is 47.0 Å². The number of carbonyl (C=O) groups excluding carboxylic acids is 2. The molecular formula is C14H14O2. The Morgan fingerprint density at radius 2 is 1.88 bits per heavy atom. The van der Waals surface area contributed by atoms with Crippen molar-refractivity contribution >= 4 is 12.1 Å². The molecule has 0 heterocycles. The molecule has 2 nitrogen and oxygen atoms in total. The maximum Gasteiger partial charge on any atom is 0.185 e. The van der Waals surface area contributed by atoms with Crippen LogP contribution in [0, 0.1) is 0 Å². The van der Waals surface area contributed by atoms with Crippen LogP contribution in [0.1, 0.15) is 34.3 Å². The second kappa shape index (κ2) is 4.88. The van der Waals surface area contributed by atoms with Gasteiger partial charge in [-0.25, -0.2) is 0 Å². The Bertz CT molecular complexity index is 444. The van der Waals surface area contributed by atoms with Gasteiger partial charge in [0.15, 0.2) is 5.78 Å². The van der Waals surface area contributed by atoms with Crippen LogP contribution in [-0.2, 0) is 17.6 Å². The van der Waals surface area contributed by atoms with Crippen LogP contribution in [0.5, 0.6) is 0 Å². The van der Waals surface area contributed by atoms with E-state index in [1.54, 1.807) is 0 Å². The van der Waals surface area contributed by atoms with Gasteiger partial charge in [-0.1, -0.05) is 12.1 Å². The van der Waals surface area contributed by atoms with E-state index in [1.165, 1.54) is 36.1 Å². The lowest BCUT2D eigenvalue weighted by molar-refractivity contribution is -0.104. The number of hydrogen-bond acceptors (Lipinski definition) is 2. The smallest absolute Gasteiger partial charge is 0.185 e. The van der Waals surface area contributed by atoms with Gasteiger partial charge in [0.25, 0.3) is 0 Å². The standard InChI is InChI=1S/C14H14O2/c15-9-3-6-14(16)13-8-7-11-4-1-2-5-12(11)10-13/h3,6-10H,1-2,4-5H2/b6-3+. The van der Waals surface area contributed by atoms with Crippen LogP contribution in [0.3, 0.4) is 0 Å². The summed E-state index contributed by atoms with van der Waals surface area (Å²) in [6.45, 7) is 0. The Labute approximate surface area is 95.0 Å². The van der Waals surface area contributed by atoms with Crippen LogP contribution in [0.15, 0.2) is 30.4 Å². The van der Waals surface area contributed by atoms with Gasteiger partial charge in [-0.15, -0.1) is 0 Å². The Hall–Kier alpha value is -1.70. The molecular weight excluding hydrogens is 200 g/mol. The van der Waals surface area contributed by atoms with E-state index in [0.29, 0.717) is 11.8 Å². The predicted molar refractivity (Wildman–Crippen MR) is 62.6 cm³/mol. The van der Waals surface area contributed by atoms with E-state index in [4.69, 9.17) is 0 Å². The van der Waals surface area contributed by atoms with Gasteiger partial charge in [0.2, 0.25) is 0 Å². The van der Waals surface area contributed by atoms with Gasteiger partial charge in [0, 0.05) is 5.56 Å². The predicted octanol–water partition coefficient (Wildman–Crippen LogP) is 2.50. The van der Waals surface area contributed by atoms with Crippen molar-refractivity contribution in [2.45, 2.75) is 25.7 Å². The Balaban J connectivity index is 2.26. The zero-order chi connectivity index (χ0) is 11.4. The zero-order valence-corrected chi connectivity index (χ0v) is 9.11. The van der Waals surface area contributed by atoms with E-state index in [0.717, 1.165) is 12.8 Å². The zero-order valence-electron chi connectivity index (χ0n) is 9.11. The minimum Gasteiger partial charge on any atom is -0.299 e. The number of aldehydes is 1. The third kappa shape index (κ3) is 2.27. The molecule has 1 aliphatic rings. The number of rotatable bonds is 3. The van der Waals surface area contributed by atoms with Gasteiger partial charge in [0.05, 0.1) is 0 Å². The minimum atomic E-state index is -0.0968. The number of fused-ring (bicyclic) bond motifs is 1. The van der Waals surface area contributed by atoms with Gasteiger partial charge < -0.3 is 0 Å². The molecule has 16 heavy (non-hydrogen) atoms. The number of allylic oxidation sites excluding steroid dienone is 2. The first kappa shape index (κ1) is 10.8. The molecule has 1 aromatic carbocycles. The Morgan fingerprint density at radius 3 is 2.62 bits per heavy atom. The molecule has 0 spiro atoms. The molecule has 1 aromatic rings. The van der Waals surface area contributed by atoms with E-state index >= 15 is 0 Å². The first-order valence-corrected chi connectivity index (χ1v) is 5.59. The molecule has 2 rings (SSSR count). The van der Waals surface area contributed by atoms with Crippen molar-refractivity contribution in [2.24, 2.45) is 0 Å². The molecule has 0 unspecified atom stereocenters. The second-order valence-electron chi connectivity index (χ2n) is 4.05. The van der Waals surface area contributed by atoms with Crippen molar-refractivity contribution < 1.29 is 9.59 Å². The lowest BCUT2D eigenvalue weighted by Gasteiger charge is -2.15. The SMILES string of the molecule is O=C/C=C/C(=O)c1ccc2c(c1)CCCC2. The van der Waals surface area contributed by atoms with Gasteiger partial charge in [0.1, 0.15) is 6.29 Å². The number of benzene rings is 1. The molecule has 2 heteroatoms. The van der Waals surface area contributed by atoms with Crippen LogP contribution < -0.4 is 0 Å². The maximum atomic E-state index is 11.6. The molecule has 0 amide bonds. The summed E-state index contributed by atoms with van der Waals surface area (Å²) in [6, 6.07) is 5.85. The largest absolute Gasteiger partial charge is 0.299 e. The second-order valence-corrected chi connectivity index (χ2v) is 4.05. The molecule has 0 fully saturated rings. The first-order chi connectivity index (χ1) is 7.81. The van der Waals surface area contributed by atoms with Crippen LogP contribution in [0.4, 0.5) is 0 Å². The maximum absolute atomic E-state index is 11.6. The highest BCUT2D eigenvalue weighted by molar-refractivity contribution is 6.06. The third-order valence-electron chi connectivity index (χ3n) is 2.96. The summed E-state index contributed by atoms with van der Waals surface area (Å²) in [5.41, 5.74) is 3.33. The molecule has 0 bridgehead atoms. The Kier molecular flexibility index (Phi) is 3.30. The molecule has 0 saturated carbocycles. The summed E-state index contributed by atoms with van der Waals surface area (Å²) in [5, 5.41) is 0. The average Bonchev–Trinajstić information content (AvgIpc) is 2.35. The highest BCUT2D eigenvalue weighted by atomic mass is 16.1. The first-order valence-electron chi connectivity index (χ1n) is 5.59. The normalized spacial score (nSPS) is 14.8. The summed E-state index contributed by atoms with van der Waals surface area (Å²) in [6.07, 6.45) is 7.80. The molecule has 0 atom stereocenters. The fraction of sp³-hybridized carbons (Fsp3) is 0.286. The number of aryl methyl sites for hydroxylation is 2. The van der Waals surface area contributed by atoms with Gasteiger partial charge in [-0.3, -0.25) is 9.59 Å².